The van der Waals surface area contributed by atoms with Crippen LogP contribution >= 0.6 is 11.3 Å². The molecule has 0 aliphatic rings. The highest BCUT2D eigenvalue weighted by molar-refractivity contribution is 7.09. The standard InChI is InChI=1S/C15H16FN5OS/c16-9-1-2-10-11(7-9)20-13(19-10)4-6-18-15(22)12-8-23-14(21-12)3-5-17/h1-2,7-8H,3-6,17H2,(H,18,22)(H,19,20). The van der Waals surface area contributed by atoms with Crippen molar-refractivity contribution in [2.75, 3.05) is 13.1 Å². The number of halogens is 1. The number of benzene rings is 1. The predicted molar refractivity (Wildman–Crippen MR) is 87.0 cm³/mol. The zero-order valence-corrected chi connectivity index (χ0v) is 13.1. The Kier molecular flexibility index (Phi) is 4.63. The van der Waals surface area contributed by atoms with Gasteiger partial charge in [0.1, 0.15) is 17.3 Å². The molecule has 3 aromatic rings. The molecule has 0 aliphatic heterocycles. The van der Waals surface area contributed by atoms with Gasteiger partial charge in [-0.3, -0.25) is 4.79 Å². The first kappa shape index (κ1) is 15.6. The number of H-pyrrole nitrogens is 1. The van der Waals surface area contributed by atoms with Gasteiger partial charge < -0.3 is 16.0 Å². The van der Waals surface area contributed by atoms with Gasteiger partial charge in [-0.2, -0.15) is 0 Å². The number of aromatic nitrogens is 3. The molecule has 0 unspecified atom stereocenters. The topological polar surface area (TPSA) is 96.7 Å². The molecular weight excluding hydrogens is 317 g/mol. The zero-order valence-electron chi connectivity index (χ0n) is 12.3. The van der Waals surface area contributed by atoms with Crippen LogP contribution in [0.4, 0.5) is 4.39 Å². The van der Waals surface area contributed by atoms with Crippen molar-refractivity contribution < 1.29 is 9.18 Å². The Morgan fingerprint density at radius 2 is 2.22 bits per heavy atom. The number of imidazole rings is 1. The van der Waals surface area contributed by atoms with E-state index < -0.39 is 0 Å². The Morgan fingerprint density at radius 3 is 3.04 bits per heavy atom. The number of carbonyl (C=O) groups excluding carboxylic acids is 1. The van der Waals surface area contributed by atoms with Crippen molar-refractivity contribution >= 4 is 28.3 Å². The minimum Gasteiger partial charge on any atom is -0.350 e. The van der Waals surface area contributed by atoms with Gasteiger partial charge in [0.05, 0.1) is 16.0 Å². The first-order valence-electron chi connectivity index (χ1n) is 7.22. The van der Waals surface area contributed by atoms with Gasteiger partial charge >= 0.3 is 0 Å². The van der Waals surface area contributed by atoms with Crippen LogP contribution < -0.4 is 11.1 Å². The minimum absolute atomic E-state index is 0.216. The van der Waals surface area contributed by atoms with E-state index in [2.05, 4.69) is 20.3 Å². The van der Waals surface area contributed by atoms with Crippen LogP contribution in [0.15, 0.2) is 23.6 Å². The highest BCUT2D eigenvalue weighted by Gasteiger charge is 2.10. The SMILES string of the molecule is NCCc1nc(C(=O)NCCc2nc3ccc(F)cc3[nH]2)cs1. The molecule has 3 rings (SSSR count). The second-order valence-electron chi connectivity index (χ2n) is 5.02. The van der Waals surface area contributed by atoms with Gasteiger partial charge in [-0.15, -0.1) is 11.3 Å². The number of carbonyl (C=O) groups is 1. The summed E-state index contributed by atoms with van der Waals surface area (Å²) in [6, 6.07) is 4.39. The fourth-order valence-corrected chi connectivity index (χ4v) is 2.99. The van der Waals surface area contributed by atoms with Crippen molar-refractivity contribution in [2.24, 2.45) is 5.73 Å². The van der Waals surface area contributed by atoms with Crippen molar-refractivity contribution in [2.45, 2.75) is 12.8 Å². The normalized spacial score (nSPS) is 11.0. The third kappa shape index (κ3) is 3.72. The first-order valence-corrected chi connectivity index (χ1v) is 8.10. The van der Waals surface area contributed by atoms with Crippen LogP contribution in [0.5, 0.6) is 0 Å². The van der Waals surface area contributed by atoms with Gasteiger partial charge in [-0.1, -0.05) is 0 Å². The van der Waals surface area contributed by atoms with Crippen LogP contribution in [0.25, 0.3) is 11.0 Å². The third-order valence-electron chi connectivity index (χ3n) is 3.28. The molecule has 0 fully saturated rings. The number of rotatable bonds is 6. The summed E-state index contributed by atoms with van der Waals surface area (Å²) < 4.78 is 13.1. The Hall–Kier alpha value is -2.32. The predicted octanol–water partition coefficient (Wildman–Crippen LogP) is 1.63. The molecule has 0 radical (unpaired) electrons. The molecule has 6 nitrogen and oxygen atoms in total. The number of nitrogens with one attached hydrogen (secondary N) is 2. The number of hydrogen-bond acceptors (Lipinski definition) is 5. The van der Waals surface area contributed by atoms with E-state index in [0.29, 0.717) is 48.5 Å². The number of fused-ring (bicyclic) bond motifs is 1. The summed E-state index contributed by atoms with van der Waals surface area (Å²) in [5.41, 5.74) is 7.23. The molecular formula is C15H16FN5OS. The fraction of sp³-hybridized carbons (Fsp3) is 0.267. The van der Waals surface area contributed by atoms with Crippen LogP contribution in [0.1, 0.15) is 21.3 Å². The van der Waals surface area contributed by atoms with Crippen LogP contribution in [-0.4, -0.2) is 33.9 Å². The lowest BCUT2D eigenvalue weighted by Crippen LogP contribution is -2.26. The van der Waals surface area contributed by atoms with Crippen molar-refractivity contribution in [1.29, 1.82) is 0 Å². The molecule has 0 atom stereocenters. The summed E-state index contributed by atoms with van der Waals surface area (Å²) in [7, 11) is 0. The maximum atomic E-state index is 13.1. The second-order valence-corrected chi connectivity index (χ2v) is 5.96. The van der Waals surface area contributed by atoms with Crippen molar-refractivity contribution in [3.05, 3.63) is 45.9 Å². The molecule has 1 amide bonds. The molecule has 2 aromatic heterocycles. The molecule has 2 heterocycles. The Bertz CT molecular complexity index is 828. The number of nitrogens with zero attached hydrogens (tertiary/aromatic N) is 2. The van der Waals surface area contributed by atoms with Gasteiger partial charge in [0.2, 0.25) is 0 Å². The van der Waals surface area contributed by atoms with Crippen LogP contribution in [0.2, 0.25) is 0 Å². The van der Waals surface area contributed by atoms with E-state index in [1.54, 1.807) is 11.4 Å². The number of thiazole rings is 1. The van der Waals surface area contributed by atoms with E-state index in [-0.39, 0.29) is 11.7 Å². The smallest absolute Gasteiger partial charge is 0.270 e. The molecule has 0 aliphatic carbocycles. The molecule has 8 heteroatoms. The average Bonchev–Trinajstić information content (AvgIpc) is 3.13. The first-order chi connectivity index (χ1) is 11.2. The van der Waals surface area contributed by atoms with Gasteiger partial charge in [0.15, 0.2) is 0 Å². The molecule has 0 spiro atoms. The van der Waals surface area contributed by atoms with Crippen molar-refractivity contribution in [3.63, 3.8) is 0 Å². The van der Waals surface area contributed by atoms with E-state index in [0.717, 1.165) is 5.01 Å². The molecule has 0 saturated heterocycles. The van der Waals surface area contributed by atoms with Gasteiger partial charge in [0, 0.05) is 24.8 Å². The van der Waals surface area contributed by atoms with E-state index >= 15 is 0 Å². The number of hydrogen-bond donors (Lipinski definition) is 3. The van der Waals surface area contributed by atoms with Gasteiger partial charge in [-0.25, -0.2) is 14.4 Å². The summed E-state index contributed by atoms with van der Waals surface area (Å²) in [5.74, 6) is 0.178. The third-order valence-corrected chi connectivity index (χ3v) is 4.19. The molecule has 0 saturated carbocycles. The number of aromatic amines is 1. The Balaban J connectivity index is 1.56. The molecule has 120 valence electrons. The maximum absolute atomic E-state index is 13.1. The summed E-state index contributed by atoms with van der Waals surface area (Å²) in [4.78, 5) is 23.6. The number of amides is 1. The number of nitrogens with two attached hydrogens (primary N) is 1. The van der Waals surface area contributed by atoms with Crippen molar-refractivity contribution in [3.8, 4) is 0 Å². The molecule has 0 bridgehead atoms. The molecule has 4 N–H and O–H groups in total. The summed E-state index contributed by atoms with van der Waals surface area (Å²) in [6.45, 7) is 0.937. The molecule has 23 heavy (non-hydrogen) atoms. The van der Waals surface area contributed by atoms with Crippen LogP contribution in [0.3, 0.4) is 0 Å². The Labute approximate surface area is 136 Å². The highest BCUT2D eigenvalue weighted by atomic mass is 32.1. The van der Waals surface area contributed by atoms with Crippen LogP contribution in [0, 0.1) is 5.82 Å². The van der Waals surface area contributed by atoms with Crippen molar-refractivity contribution in [1.82, 2.24) is 20.3 Å². The van der Waals surface area contributed by atoms with Gasteiger partial charge in [-0.05, 0) is 24.7 Å². The lowest BCUT2D eigenvalue weighted by atomic mass is 10.3. The van der Waals surface area contributed by atoms with E-state index in [1.165, 1.54) is 23.5 Å². The second kappa shape index (κ2) is 6.84. The summed E-state index contributed by atoms with van der Waals surface area (Å²) in [5, 5.41) is 5.38. The maximum Gasteiger partial charge on any atom is 0.270 e. The van der Waals surface area contributed by atoms with E-state index in [1.807, 2.05) is 0 Å². The quantitative estimate of drug-likeness (QED) is 0.639. The highest BCUT2D eigenvalue weighted by Crippen LogP contribution is 2.13. The molecule has 1 aromatic carbocycles. The van der Waals surface area contributed by atoms with Gasteiger partial charge in [0.25, 0.3) is 5.91 Å². The average molecular weight is 333 g/mol. The Morgan fingerprint density at radius 1 is 1.35 bits per heavy atom. The lowest BCUT2D eigenvalue weighted by Gasteiger charge is -2.01. The monoisotopic (exact) mass is 333 g/mol. The van der Waals surface area contributed by atoms with E-state index in [4.69, 9.17) is 5.73 Å². The van der Waals surface area contributed by atoms with Crippen LogP contribution in [-0.2, 0) is 12.8 Å². The summed E-state index contributed by atoms with van der Waals surface area (Å²) >= 11 is 1.43. The zero-order chi connectivity index (χ0) is 16.2. The fourth-order valence-electron chi connectivity index (χ4n) is 2.19. The minimum atomic E-state index is -0.308. The summed E-state index contributed by atoms with van der Waals surface area (Å²) in [6.07, 6.45) is 1.20. The van der Waals surface area contributed by atoms with E-state index in [9.17, 15) is 9.18 Å². The lowest BCUT2D eigenvalue weighted by molar-refractivity contribution is 0.0949. The largest absolute Gasteiger partial charge is 0.350 e.